The second kappa shape index (κ2) is 8.79. The lowest BCUT2D eigenvalue weighted by Crippen LogP contribution is -2.24. The molecular formula is C16H21NO6. The summed E-state index contributed by atoms with van der Waals surface area (Å²) in [6.07, 6.45) is 0.544. The zero-order valence-corrected chi connectivity index (χ0v) is 13.7. The number of methoxy groups -OCH3 is 3. The number of aliphatic hydroxyl groups excluding tert-OH is 1. The molecule has 1 N–H and O–H groups in total. The number of Topliss-reactive ketones (excluding diaryl/α,β-unsaturated/α-hetero) is 1. The Bertz CT molecular complexity index is 572. The summed E-state index contributed by atoms with van der Waals surface area (Å²) in [4.78, 5) is 24.8. The van der Waals surface area contributed by atoms with Crippen LogP contribution in [0.15, 0.2) is 30.0 Å². The molecule has 1 amide bonds. The van der Waals surface area contributed by atoms with Crippen molar-refractivity contribution in [3.8, 4) is 11.5 Å². The minimum atomic E-state index is -0.539. The second-order valence-electron chi connectivity index (χ2n) is 4.51. The number of anilines is 1. The van der Waals surface area contributed by atoms with Gasteiger partial charge in [-0.15, -0.1) is 0 Å². The maximum absolute atomic E-state index is 11.9. The summed E-state index contributed by atoms with van der Waals surface area (Å²) < 4.78 is 14.8. The van der Waals surface area contributed by atoms with Gasteiger partial charge in [-0.25, -0.2) is 0 Å². The van der Waals surface area contributed by atoms with E-state index in [1.165, 1.54) is 19.1 Å². The van der Waals surface area contributed by atoms with Crippen LogP contribution in [-0.2, 0) is 14.3 Å². The third-order valence-corrected chi connectivity index (χ3v) is 3.14. The second-order valence-corrected chi connectivity index (χ2v) is 4.51. The molecule has 0 bridgehead atoms. The lowest BCUT2D eigenvalue weighted by molar-refractivity contribution is -0.116. The van der Waals surface area contributed by atoms with Gasteiger partial charge in [-0.3, -0.25) is 9.59 Å². The fourth-order valence-corrected chi connectivity index (χ4v) is 1.85. The number of carbonyl (C=O) groups is 2. The van der Waals surface area contributed by atoms with E-state index in [1.54, 1.807) is 25.3 Å². The van der Waals surface area contributed by atoms with E-state index in [2.05, 4.69) is 4.74 Å². The summed E-state index contributed by atoms with van der Waals surface area (Å²) in [7, 11) is 4.67. The summed E-state index contributed by atoms with van der Waals surface area (Å²) in [6, 6.07) is 4.90. The Labute approximate surface area is 135 Å². The van der Waals surface area contributed by atoms with Crippen LogP contribution in [-0.4, -0.2) is 51.3 Å². The SMILES string of the molecule is CCOC.COc1cc(OC)cc(N2CC(=O)/C(=C/O)C2=O)c1. The van der Waals surface area contributed by atoms with Crippen LogP contribution in [0, 0.1) is 0 Å². The van der Waals surface area contributed by atoms with Gasteiger partial charge in [0, 0.05) is 31.9 Å². The predicted molar refractivity (Wildman–Crippen MR) is 85.2 cm³/mol. The molecule has 0 aliphatic carbocycles. The number of hydrogen-bond acceptors (Lipinski definition) is 6. The molecule has 0 atom stereocenters. The Hall–Kier alpha value is -2.54. The van der Waals surface area contributed by atoms with Gasteiger partial charge >= 0.3 is 0 Å². The Kier molecular flexibility index (Phi) is 7.08. The van der Waals surface area contributed by atoms with Gasteiger partial charge in [0.25, 0.3) is 5.91 Å². The Morgan fingerprint density at radius 3 is 2.00 bits per heavy atom. The molecule has 0 aromatic heterocycles. The highest BCUT2D eigenvalue weighted by Crippen LogP contribution is 2.31. The summed E-state index contributed by atoms with van der Waals surface area (Å²) in [5.74, 6) is 0.0594. The van der Waals surface area contributed by atoms with Crippen LogP contribution in [0.3, 0.4) is 0 Å². The number of ketones is 1. The van der Waals surface area contributed by atoms with E-state index in [9.17, 15) is 9.59 Å². The van der Waals surface area contributed by atoms with Crippen molar-refractivity contribution < 1.29 is 28.9 Å². The molecule has 1 aliphatic rings. The van der Waals surface area contributed by atoms with E-state index >= 15 is 0 Å². The fourth-order valence-electron chi connectivity index (χ4n) is 1.85. The highest BCUT2D eigenvalue weighted by Gasteiger charge is 2.35. The Balaban J connectivity index is 0.000000593. The average molecular weight is 323 g/mol. The van der Waals surface area contributed by atoms with Crippen molar-refractivity contribution in [2.75, 3.05) is 39.4 Å². The molecule has 0 unspecified atom stereocenters. The van der Waals surface area contributed by atoms with E-state index < -0.39 is 11.7 Å². The van der Waals surface area contributed by atoms with Gasteiger partial charge in [-0.05, 0) is 6.92 Å². The van der Waals surface area contributed by atoms with Crippen LogP contribution >= 0.6 is 0 Å². The lowest BCUT2D eigenvalue weighted by Gasteiger charge is -2.16. The number of aliphatic hydroxyl groups is 1. The molecule has 23 heavy (non-hydrogen) atoms. The molecule has 1 saturated heterocycles. The zero-order valence-electron chi connectivity index (χ0n) is 13.7. The highest BCUT2D eigenvalue weighted by atomic mass is 16.5. The maximum atomic E-state index is 11.9. The van der Waals surface area contributed by atoms with Crippen LogP contribution in [0.25, 0.3) is 0 Å². The van der Waals surface area contributed by atoms with Crippen molar-refractivity contribution in [1.29, 1.82) is 0 Å². The maximum Gasteiger partial charge on any atom is 0.265 e. The number of carbonyl (C=O) groups excluding carboxylic acids is 2. The van der Waals surface area contributed by atoms with Crippen LogP contribution in [0.1, 0.15) is 6.92 Å². The largest absolute Gasteiger partial charge is 0.515 e. The quantitative estimate of drug-likeness (QED) is 0.516. The summed E-state index contributed by atoms with van der Waals surface area (Å²) in [6.45, 7) is 2.67. The first kappa shape index (κ1) is 18.5. The van der Waals surface area contributed by atoms with E-state index in [1.807, 2.05) is 6.92 Å². The lowest BCUT2D eigenvalue weighted by atomic mass is 10.2. The molecule has 1 aromatic rings. The van der Waals surface area contributed by atoms with E-state index in [0.717, 1.165) is 6.61 Å². The standard InChI is InChI=1S/C13H13NO5.C3H8O/c1-18-9-3-8(4-10(5-9)19-2)14-6-12(16)11(7-15)13(14)17;1-3-4-2/h3-5,7,15H,6H2,1-2H3;3H2,1-2H3/b11-7-;. The molecule has 7 nitrogen and oxygen atoms in total. The molecule has 0 spiro atoms. The van der Waals surface area contributed by atoms with Crippen molar-refractivity contribution in [3.05, 3.63) is 30.0 Å². The molecule has 1 heterocycles. The van der Waals surface area contributed by atoms with Gasteiger partial charge in [0.05, 0.1) is 32.7 Å². The van der Waals surface area contributed by atoms with Crippen LogP contribution in [0.5, 0.6) is 11.5 Å². The van der Waals surface area contributed by atoms with Crippen molar-refractivity contribution in [1.82, 2.24) is 0 Å². The molecule has 7 heteroatoms. The smallest absolute Gasteiger partial charge is 0.265 e. The molecule has 1 fully saturated rings. The molecule has 1 aromatic carbocycles. The van der Waals surface area contributed by atoms with Crippen molar-refractivity contribution >= 4 is 17.4 Å². The molecular weight excluding hydrogens is 302 g/mol. The first-order valence-electron chi connectivity index (χ1n) is 6.93. The molecule has 126 valence electrons. The monoisotopic (exact) mass is 323 g/mol. The Morgan fingerprint density at radius 1 is 1.13 bits per heavy atom. The molecule has 1 aliphatic heterocycles. The van der Waals surface area contributed by atoms with E-state index in [0.29, 0.717) is 23.4 Å². The minimum absolute atomic E-state index is 0.110. The average Bonchev–Trinajstić information content (AvgIpc) is 2.88. The summed E-state index contributed by atoms with van der Waals surface area (Å²) in [5, 5.41) is 8.89. The molecule has 0 saturated carbocycles. The van der Waals surface area contributed by atoms with Crippen LogP contribution < -0.4 is 14.4 Å². The minimum Gasteiger partial charge on any atom is -0.515 e. The van der Waals surface area contributed by atoms with Gasteiger partial charge in [0.15, 0.2) is 5.78 Å². The van der Waals surface area contributed by atoms with Crippen LogP contribution in [0.4, 0.5) is 5.69 Å². The summed E-state index contributed by atoms with van der Waals surface area (Å²) in [5.41, 5.74) is 0.258. The van der Waals surface area contributed by atoms with Gasteiger partial charge < -0.3 is 24.2 Å². The number of amides is 1. The van der Waals surface area contributed by atoms with Gasteiger partial charge in [-0.2, -0.15) is 0 Å². The van der Waals surface area contributed by atoms with Crippen LogP contribution in [0.2, 0.25) is 0 Å². The highest BCUT2D eigenvalue weighted by molar-refractivity contribution is 6.31. The number of nitrogens with zero attached hydrogens (tertiary/aromatic N) is 1. The fraction of sp³-hybridized carbons (Fsp3) is 0.375. The van der Waals surface area contributed by atoms with Gasteiger partial charge in [-0.1, -0.05) is 0 Å². The van der Waals surface area contributed by atoms with E-state index in [4.69, 9.17) is 14.6 Å². The predicted octanol–water partition coefficient (Wildman–Crippen LogP) is 1.71. The first-order valence-corrected chi connectivity index (χ1v) is 6.93. The number of benzene rings is 1. The number of hydrogen-bond donors (Lipinski definition) is 1. The van der Waals surface area contributed by atoms with E-state index in [-0.39, 0.29) is 12.1 Å². The van der Waals surface area contributed by atoms with Crippen molar-refractivity contribution in [3.63, 3.8) is 0 Å². The number of ether oxygens (including phenoxy) is 3. The summed E-state index contributed by atoms with van der Waals surface area (Å²) >= 11 is 0. The number of rotatable bonds is 4. The third kappa shape index (κ3) is 4.46. The van der Waals surface area contributed by atoms with Gasteiger partial charge in [0.1, 0.15) is 17.1 Å². The zero-order chi connectivity index (χ0) is 17.4. The van der Waals surface area contributed by atoms with Gasteiger partial charge in [0.2, 0.25) is 0 Å². The van der Waals surface area contributed by atoms with Crippen molar-refractivity contribution in [2.24, 2.45) is 0 Å². The third-order valence-electron chi connectivity index (χ3n) is 3.14. The molecule has 2 rings (SSSR count). The molecule has 0 radical (unpaired) electrons. The van der Waals surface area contributed by atoms with Crippen molar-refractivity contribution in [2.45, 2.75) is 6.92 Å². The Morgan fingerprint density at radius 2 is 1.65 bits per heavy atom. The topological polar surface area (TPSA) is 85.3 Å². The normalized spacial score (nSPS) is 15.5. The first-order chi connectivity index (χ1) is 11.0.